The minimum absolute atomic E-state index is 0.152. The summed E-state index contributed by atoms with van der Waals surface area (Å²) in [5.41, 5.74) is 5.47. The Morgan fingerprint density at radius 3 is 2.92 bits per heavy atom. The predicted molar refractivity (Wildman–Crippen MR) is 52.3 cm³/mol. The fraction of sp³-hybridized carbons (Fsp3) is 0.889. The summed E-state index contributed by atoms with van der Waals surface area (Å²) in [5, 5.41) is 0. The summed E-state index contributed by atoms with van der Waals surface area (Å²) >= 11 is 0. The van der Waals surface area contributed by atoms with Crippen LogP contribution < -0.4 is 5.73 Å². The molecule has 1 amide bonds. The minimum atomic E-state index is 0.152. The zero-order valence-corrected chi connectivity index (χ0v) is 8.49. The van der Waals surface area contributed by atoms with Crippen LogP contribution in [-0.2, 0) is 4.79 Å². The van der Waals surface area contributed by atoms with Crippen LogP contribution in [0.1, 0.15) is 13.3 Å². The summed E-state index contributed by atoms with van der Waals surface area (Å²) in [5.74, 6) is 0.152. The van der Waals surface area contributed by atoms with Crippen LogP contribution in [0.5, 0.6) is 0 Å². The molecule has 0 aromatic heterocycles. The van der Waals surface area contributed by atoms with Crippen molar-refractivity contribution >= 4 is 5.91 Å². The molecular formula is C9H19N3O. The Bertz CT molecular complexity index is 184. The van der Waals surface area contributed by atoms with Crippen molar-refractivity contribution in [2.45, 2.75) is 19.4 Å². The number of carbonyl (C=O) groups excluding carboxylic acids is 1. The van der Waals surface area contributed by atoms with Crippen molar-refractivity contribution in [3.8, 4) is 0 Å². The smallest absolute Gasteiger partial charge is 0.219 e. The molecule has 13 heavy (non-hydrogen) atoms. The third-order valence-electron chi connectivity index (χ3n) is 2.74. The highest BCUT2D eigenvalue weighted by atomic mass is 16.2. The van der Waals surface area contributed by atoms with Gasteiger partial charge < -0.3 is 10.6 Å². The quantitative estimate of drug-likeness (QED) is 0.645. The molecule has 0 unspecified atom stereocenters. The molecule has 4 heteroatoms. The van der Waals surface area contributed by atoms with Gasteiger partial charge in [0.05, 0.1) is 0 Å². The van der Waals surface area contributed by atoms with E-state index in [1.807, 2.05) is 11.9 Å². The van der Waals surface area contributed by atoms with Gasteiger partial charge in [-0.25, -0.2) is 0 Å². The van der Waals surface area contributed by atoms with Crippen molar-refractivity contribution in [2.75, 3.05) is 33.2 Å². The van der Waals surface area contributed by atoms with Gasteiger partial charge in [0, 0.05) is 46.2 Å². The maximum absolute atomic E-state index is 11.1. The largest absolute Gasteiger partial charge is 0.342 e. The van der Waals surface area contributed by atoms with Gasteiger partial charge in [0.25, 0.3) is 0 Å². The molecule has 4 nitrogen and oxygen atoms in total. The van der Waals surface area contributed by atoms with Crippen molar-refractivity contribution in [1.29, 1.82) is 0 Å². The first-order valence-corrected chi connectivity index (χ1v) is 4.81. The van der Waals surface area contributed by atoms with E-state index >= 15 is 0 Å². The van der Waals surface area contributed by atoms with Crippen LogP contribution in [0.4, 0.5) is 0 Å². The molecule has 0 saturated carbocycles. The summed E-state index contributed by atoms with van der Waals surface area (Å²) in [6.45, 7) is 5.32. The number of rotatable bonds is 3. The first-order valence-electron chi connectivity index (χ1n) is 4.81. The average molecular weight is 185 g/mol. The highest BCUT2D eigenvalue weighted by Crippen LogP contribution is 2.13. The van der Waals surface area contributed by atoms with E-state index in [-0.39, 0.29) is 5.91 Å². The van der Waals surface area contributed by atoms with E-state index in [9.17, 15) is 4.79 Å². The lowest BCUT2D eigenvalue weighted by molar-refractivity contribution is -0.129. The Balaban J connectivity index is 2.36. The van der Waals surface area contributed by atoms with E-state index in [4.69, 9.17) is 5.73 Å². The molecule has 1 fully saturated rings. The molecule has 76 valence electrons. The predicted octanol–water partition coefficient (Wildman–Crippen LogP) is -0.502. The maximum Gasteiger partial charge on any atom is 0.219 e. The Kier molecular flexibility index (Phi) is 3.69. The molecule has 1 aliphatic rings. The van der Waals surface area contributed by atoms with Crippen LogP contribution in [-0.4, -0.2) is 55.0 Å². The van der Waals surface area contributed by atoms with Gasteiger partial charge in [0.2, 0.25) is 5.91 Å². The molecule has 0 spiro atoms. The number of likely N-dealkylation sites (tertiary alicyclic amines) is 1. The lowest BCUT2D eigenvalue weighted by Gasteiger charge is -2.23. The standard InChI is InChI=1S/C9H19N3O/c1-8(13)11(2)9-3-5-12(7-9)6-4-10/h9H,3-7,10H2,1-2H3/t9-/m1/s1. The Morgan fingerprint density at radius 2 is 2.38 bits per heavy atom. The van der Waals surface area contributed by atoms with Gasteiger partial charge in [-0.05, 0) is 6.42 Å². The molecule has 1 rings (SSSR count). The summed E-state index contributed by atoms with van der Waals surface area (Å²) in [7, 11) is 1.87. The van der Waals surface area contributed by atoms with Crippen LogP contribution in [0.25, 0.3) is 0 Å². The second-order valence-electron chi connectivity index (χ2n) is 3.66. The van der Waals surface area contributed by atoms with E-state index < -0.39 is 0 Å². The number of nitrogens with two attached hydrogens (primary N) is 1. The van der Waals surface area contributed by atoms with Crippen molar-refractivity contribution in [1.82, 2.24) is 9.80 Å². The molecular weight excluding hydrogens is 166 g/mol. The molecule has 0 aromatic rings. The molecule has 1 heterocycles. The molecule has 0 aliphatic carbocycles. The molecule has 1 saturated heterocycles. The highest BCUT2D eigenvalue weighted by molar-refractivity contribution is 5.73. The van der Waals surface area contributed by atoms with Gasteiger partial charge in [-0.2, -0.15) is 0 Å². The molecule has 2 N–H and O–H groups in total. The number of carbonyl (C=O) groups is 1. The van der Waals surface area contributed by atoms with Gasteiger partial charge in [0.15, 0.2) is 0 Å². The molecule has 0 radical (unpaired) electrons. The van der Waals surface area contributed by atoms with Crippen LogP contribution in [0, 0.1) is 0 Å². The van der Waals surface area contributed by atoms with E-state index in [0.717, 1.165) is 26.1 Å². The van der Waals surface area contributed by atoms with Gasteiger partial charge in [0.1, 0.15) is 0 Å². The van der Waals surface area contributed by atoms with Gasteiger partial charge in [-0.1, -0.05) is 0 Å². The first kappa shape index (κ1) is 10.5. The lowest BCUT2D eigenvalue weighted by atomic mass is 10.2. The minimum Gasteiger partial charge on any atom is -0.342 e. The topological polar surface area (TPSA) is 49.6 Å². The zero-order valence-electron chi connectivity index (χ0n) is 8.49. The summed E-state index contributed by atoms with van der Waals surface area (Å²) < 4.78 is 0. The summed E-state index contributed by atoms with van der Waals surface area (Å²) in [4.78, 5) is 15.2. The van der Waals surface area contributed by atoms with Crippen molar-refractivity contribution in [3.63, 3.8) is 0 Å². The average Bonchev–Trinajstić information content (AvgIpc) is 2.52. The van der Waals surface area contributed by atoms with Crippen LogP contribution in [0.3, 0.4) is 0 Å². The molecule has 1 aliphatic heterocycles. The first-order chi connectivity index (χ1) is 6.15. The zero-order chi connectivity index (χ0) is 9.84. The molecule has 0 aromatic carbocycles. The van der Waals surface area contributed by atoms with E-state index in [1.54, 1.807) is 6.92 Å². The van der Waals surface area contributed by atoms with Crippen LogP contribution in [0.2, 0.25) is 0 Å². The highest BCUT2D eigenvalue weighted by Gasteiger charge is 2.25. The normalized spacial score (nSPS) is 23.5. The second kappa shape index (κ2) is 4.58. The lowest BCUT2D eigenvalue weighted by Crippen LogP contribution is -2.38. The fourth-order valence-corrected chi connectivity index (χ4v) is 1.77. The number of nitrogens with zero attached hydrogens (tertiary/aromatic N) is 2. The number of hydrogen-bond donors (Lipinski definition) is 1. The molecule has 1 atom stereocenters. The van der Waals surface area contributed by atoms with Gasteiger partial charge in [-0.15, -0.1) is 0 Å². The van der Waals surface area contributed by atoms with E-state index in [2.05, 4.69) is 4.90 Å². The van der Waals surface area contributed by atoms with Crippen molar-refractivity contribution in [3.05, 3.63) is 0 Å². The SMILES string of the molecule is CC(=O)N(C)[C@@H]1CCN(CCN)C1. The van der Waals surface area contributed by atoms with E-state index in [0.29, 0.717) is 12.6 Å². The number of likely N-dealkylation sites (N-methyl/N-ethyl adjacent to an activating group) is 1. The maximum atomic E-state index is 11.1. The Hall–Kier alpha value is -0.610. The van der Waals surface area contributed by atoms with Crippen LogP contribution >= 0.6 is 0 Å². The number of hydrogen-bond acceptors (Lipinski definition) is 3. The van der Waals surface area contributed by atoms with Gasteiger partial charge >= 0.3 is 0 Å². The van der Waals surface area contributed by atoms with E-state index in [1.165, 1.54) is 0 Å². The summed E-state index contributed by atoms with van der Waals surface area (Å²) in [6.07, 6.45) is 1.08. The van der Waals surface area contributed by atoms with Gasteiger partial charge in [-0.3, -0.25) is 9.69 Å². The fourth-order valence-electron chi connectivity index (χ4n) is 1.77. The van der Waals surface area contributed by atoms with Crippen molar-refractivity contribution < 1.29 is 4.79 Å². The second-order valence-corrected chi connectivity index (χ2v) is 3.66. The number of amides is 1. The monoisotopic (exact) mass is 185 g/mol. The summed E-state index contributed by atoms with van der Waals surface area (Å²) in [6, 6.07) is 0.393. The molecule has 0 bridgehead atoms. The van der Waals surface area contributed by atoms with Crippen LogP contribution in [0.15, 0.2) is 0 Å². The third-order valence-corrected chi connectivity index (χ3v) is 2.74. The Labute approximate surface area is 79.7 Å². The Morgan fingerprint density at radius 1 is 1.69 bits per heavy atom. The third kappa shape index (κ3) is 2.67. The van der Waals surface area contributed by atoms with Crippen molar-refractivity contribution in [2.24, 2.45) is 5.73 Å².